The number of methoxy groups -OCH3 is 2. The van der Waals surface area contributed by atoms with E-state index >= 15 is 0 Å². The molecular formula is C11H17N3O3. The van der Waals surface area contributed by atoms with Crippen LogP contribution in [0.3, 0.4) is 0 Å². The molecule has 0 radical (unpaired) electrons. The Morgan fingerprint density at radius 2 is 2.41 bits per heavy atom. The molecule has 1 aliphatic heterocycles. The molecule has 1 fully saturated rings. The number of nitrogens with one attached hydrogen (secondary N) is 1. The summed E-state index contributed by atoms with van der Waals surface area (Å²) in [5.74, 6) is 1.39. The first-order chi connectivity index (χ1) is 8.26. The van der Waals surface area contributed by atoms with Gasteiger partial charge >= 0.3 is 0 Å². The highest BCUT2D eigenvalue weighted by atomic mass is 16.5. The quantitative estimate of drug-likeness (QED) is 0.816. The van der Waals surface area contributed by atoms with Crippen LogP contribution in [-0.2, 0) is 4.74 Å². The predicted molar refractivity (Wildman–Crippen MR) is 63.6 cm³/mol. The molecule has 6 nitrogen and oxygen atoms in total. The summed E-state index contributed by atoms with van der Waals surface area (Å²) in [5.41, 5.74) is -0.243. The summed E-state index contributed by atoms with van der Waals surface area (Å²) in [6, 6.07) is 0. The second kappa shape index (κ2) is 5.18. The molecule has 1 aliphatic rings. The van der Waals surface area contributed by atoms with Gasteiger partial charge in [0.1, 0.15) is 0 Å². The molecule has 2 rings (SSSR count). The van der Waals surface area contributed by atoms with Gasteiger partial charge in [-0.15, -0.1) is 0 Å². The Hall–Kier alpha value is -1.56. The van der Waals surface area contributed by atoms with Gasteiger partial charge in [-0.1, -0.05) is 0 Å². The lowest BCUT2D eigenvalue weighted by Crippen LogP contribution is -2.25. The lowest BCUT2D eigenvalue weighted by Gasteiger charge is -2.18. The Kier molecular flexibility index (Phi) is 3.63. The third kappa shape index (κ3) is 2.41. The Morgan fingerprint density at radius 3 is 3.12 bits per heavy atom. The maximum atomic E-state index is 11.6. The monoisotopic (exact) mass is 239 g/mol. The van der Waals surface area contributed by atoms with E-state index in [0.717, 1.165) is 26.1 Å². The van der Waals surface area contributed by atoms with Gasteiger partial charge in [-0.05, 0) is 6.42 Å². The summed E-state index contributed by atoms with van der Waals surface area (Å²) >= 11 is 0. The molecule has 0 aromatic carbocycles. The lowest BCUT2D eigenvalue weighted by atomic mass is 10.1. The number of rotatable bonds is 4. The van der Waals surface area contributed by atoms with Crippen LogP contribution in [0.1, 0.15) is 6.42 Å². The Bertz CT molecular complexity index is 432. The van der Waals surface area contributed by atoms with Crippen LogP contribution in [0.25, 0.3) is 0 Å². The van der Waals surface area contributed by atoms with Gasteiger partial charge in [-0.2, -0.15) is 0 Å². The number of hydrogen-bond acceptors (Lipinski definition) is 5. The first-order valence-electron chi connectivity index (χ1n) is 5.61. The predicted octanol–water partition coefficient (Wildman–Crippen LogP) is 0.251. The highest BCUT2D eigenvalue weighted by Gasteiger charge is 2.26. The highest BCUT2D eigenvalue weighted by molar-refractivity contribution is 5.51. The number of anilines is 1. The Morgan fingerprint density at radius 1 is 1.59 bits per heavy atom. The number of aromatic nitrogens is 2. The van der Waals surface area contributed by atoms with Gasteiger partial charge in [0, 0.05) is 26.1 Å². The summed E-state index contributed by atoms with van der Waals surface area (Å²) in [4.78, 5) is 20.3. The van der Waals surface area contributed by atoms with Crippen LogP contribution in [0.2, 0.25) is 0 Å². The zero-order valence-electron chi connectivity index (χ0n) is 10.1. The van der Waals surface area contributed by atoms with Gasteiger partial charge in [0.15, 0.2) is 5.82 Å². The number of hydrogen-bond donors (Lipinski definition) is 1. The summed E-state index contributed by atoms with van der Waals surface area (Å²) < 4.78 is 10.2. The molecule has 0 amide bonds. The normalized spacial score (nSPS) is 19.6. The molecule has 0 aliphatic carbocycles. The van der Waals surface area contributed by atoms with Crippen molar-refractivity contribution in [1.29, 1.82) is 0 Å². The fourth-order valence-electron chi connectivity index (χ4n) is 2.18. The number of ether oxygens (including phenoxy) is 2. The van der Waals surface area contributed by atoms with Gasteiger partial charge in [0.2, 0.25) is 5.75 Å². The molecule has 1 unspecified atom stereocenters. The van der Waals surface area contributed by atoms with E-state index in [1.54, 1.807) is 7.11 Å². The van der Waals surface area contributed by atoms with Gasteiger partial charge in [-0.3, -0.25) is 4.79 Å². The highest BCUT2D eigenvalue weighted by Crippen LogP contribution is 2.26. The van der Waals surface area contributed by atoms with Crippen molar-refractivity contribution in [3.63, 3.8) is 0 Å². The second-order valence-corrected chi connectivity index (χ2v) is 4.14. The van der Waals surface area contributed by atoms with Crippen LogP contribution < -0.4 is 15.2 Å². The van der Waals surface area contributed by atoms with Crippen molar-refractivity contribution in [2.24, 2.45) is 5.92 Å². The topological polar surface area (TPSA) is 67.5 Å². The van der Waals surface area contributed by atoms with Crippen LogP contribution in [0.4, 0.5) is 5.82 Å². The van der Waals surface area contributed by atoms with Gasteiger partial charge in [0.05, 0.1) is 20.0 Å². The lowest BCUT2D eigenvalue weighted by molar-refractivity contribution is 0.161. The van der Waals surface area contributed by atoms with Gasteiger partial charge in [-0.25, -0.2) is 4.98 Å². The first-order valence-corrected chi connectivity index (χ1v) is 5.61. The molecule has 1 aromatic rings. The van der Waals surface area contributed by atoms with Crippen molar-refractivity contribution in [3.8, 4) is 5.75 Å². The summed E-state index contributed by atoms with van der Waals surface area (Å²) in [6.45, 7) is 2.46. The molecule has 94 valence electrons. The molecule has 0 bridgehead atoms. The van der Waals surface area contributed by atoms with Gasteiger partial charge < -0.3 is 19.4 Å². The maximum Gasteiger partial charge on any atom is 0.295 e. The first kappa shape index (κ1) is 11.9. The standard InChI is InChI=1S/C11H17N3O3/c1-16-6-8-3-4-14(5-8)10-9(17-2)11(15)13-7-12-10/h7-8H,3-6H2,1-2H3,(H,12,13,15). The summed E-state index contributed by atoms with van der Waals surface area (Å²) in [7, 11) is 3.19. The molecule has 2 heterocycles. The third-order valence-corrected chi connectivity index (χ3v) is 2.98. The molecule has 1 N–H and O–H groups in total. The second-order valence-electron chi connectivity index (χ2n) is 4.14. The molecule has 6 heteroatoms. The smallest absolute Gasteiger partial charge is 0.295 e. The van der Waals surface area contributed by atoms with E-state index in [2.05, 4.69) is 14.9 Å². The zero-order chi connectivity index (χ0) is 12.3. The molecule has 1 aromatic heterocycles. The molecular weight excluding hydrogens is 222 g/mol. The van der Waals surface area contributed by atoms with Crippen molar-refractivity contribution in [2.45, 2.75) is 6.42 Å². The van der Waals surface area contributed by atoms with E-state index in [0.29, 0.717) is 11.7 Å². The number of aromatic amines is 1. The van der Waals surface area contributed by atoms with E-state index in [1.807, 2.05) is 0 Å². The summed E-state index contributed by atoms with van der Waals surface area (Å²) in [6.07, 6.45) is 2.45. The van der Waals surface area contributed by atoms with Crippen molar-refractivity contribution in [1.82, 2.24) is 9.97 Å². The fraction of sp³-hybridized carbons (Fsp3) is 0.636. The number of nitrogens with zero attached hydrogens (tertiary/aromatic N) is 2. The van der Waals surface area contributed by atoms with E-state index in [4.69, 9.17) is 9.47 Å². The molecule has 1 saturated heterocycles. The van der Waals surface area contributed by atoms with Crippen LogP contribution in [0, 0.1) is 5.92 Å². The Labute approximate surface area is 99.6 Å². The molecule has 1 atom stereocenters. The minimum Gasteiger partial charge on any atom is -0.489 e. The molecule has 17 heavy (non-hydrogen) atoms. The van der Waals surface area contributed by atoms with E-state index in [1.165, 1.54) is 13.4 Å². The fourth-order valence-corrected chi connectivity index (χ4v) is 2.18. The maximum absolute atomic E-state index is 11.6. The van der Waals surface area contributed by atoms with Crippen LogP contribution >= 0.6 is 0 Å². The molecule has 0 spiro atoms. The minimum absolute atomic E-state index is 0.243. The van der Waals surface area contributed by atoms with E-state index in [9.17, 15) is 4.79 Å². The average molecular weight is 239 g/mol. The number of H-pyrrole nitrogens is 1. The van der Waals surface area contributed by atoms with Crippen molar-refractivity contribution in [3.05, 3.63) is 16.7 Å². The largest absolute Gasteiger partial charge is 0.489 e. The average Bonchev–Trinajstić information content (AvgIpc) is 2.78. The van der Waals surface area contributed by atoms with E-state index in [-0.39, 0.29) is 11.3 Å². The van der Waals surface area contributed by atoms with E-state index < -0.39 is 0 Å². The SMILES string of the molecule is COCC1CCN(c2nc[nH]c(=O)c2OC)C1. The van der Waals surface area contributed by atoms with Crippen LogP contribution in [0.15, 0.2) is 11.1 Å². The van der Waals surface area contributed by atoms with Crippen molar-refractivity contribution < 1.29 is 9.47 Å². The van der Waals surface area contributed by atoms with Gasteiger partial charge in [0.25, 0.3) is 5.56 Å². The summed E-state index contributed by atoms with van der Waals surface area (Å²) in [5, 5.41) is 0. The minimum atomic E-state index is -0.243. The van der Waals surface area contributed by atoms with Crippen LogP contribution in [-0.4, -0.2) is 43.9 Å². The van der Waals surface area contributed by atoms with Crippen molar-refractivity contribution in [2.75, 3.05) is 38.8 Å². The van der Waals surface area contributed by atoms with Crippen LogP contribution in [0.5, 0.6) is 5.75 Å². The Balaban J connectivity index is 2.18. The molecule has 0 saturated carbocycles. The van der Waals surface area contributed by atoms with Crippen molar-refractivity contribution >= 4 is 5.82 Å². The third-order valence-electron chi connectivity index (χ3n) is 2.98. The zero-order valence-corrected chi connectivity index (χ0v) is 10.1.